The monoisotopic (exact) mass is 234 g/mol. The van der Waals surface area contributed by atoms with Gasteiger partial charge in [0.25, 0.3) is 0 Å². The summed E-state index contributed by atoms with van der Waals surface area (Å²) in [5, 5.41) is 0. The van der Waals surface area contributed by atoms with E-state index >= 15 is 0 Å². The Bertz CT molecular complexity index is 458. The molecule has 1 rings (SSSR count). The van der Waals surface area contributed by atoms with Crippen molar-refractivity contribution in [2.75, 3.05) is 12.8 Å². The van der Waals surface area contributed by atoms with Crippen molar-refractivity contribution in [2.24, 2.45) is 0 Å². The number of hydrogen-bond acceptors (Lipinski definition) is 6. The van der Waals surface area contributed by atoms with E-state index in [1.54, 1.807) is 4.72 Å². The summed E-state index contributed by atoms with van der Waals surface area (Å²) in [4.78, 5) is 14.4. The van der Waals surface area contributed by atoms with Gasteiger partial charge >= 0.3 is 16.3 Å². The molecule has 8 nitrogen and oxygen atoms in total. The fraction of sp³-hybridized carbons (Fsp3) is 0.333. The molecule has 1 aromatic heterocycles. The minimum atomic E-state index is -4.08. The number of aryl methyl sites for hydroxylation is 1. The summed E-state index contributed by atoms with van der Waals surface area (Å²) in [6.45, 7) is 1.44. The lowest BCUT2D eigenvalue weighted by molar-refractivity contribution is 0.177. The number of nitrogens with zero attached hydrogens (tertiary/aromatic N) is 2. The number of methoxy groups -OCH3 is 1. The van der Waals surface area contributed by atoms with E-state index < -0.39 is 16.3 Å². The zero-order valence-electron chi connectivity index (χ0n) is 8.09. The molecule has 9 heteroatoms. The number of anilines is 1. The van der Waals surface area contributed by atoms with E-state index in [9.17, 15) is 13.2 Å². The van der Waals surface area contributed by atoms with Crippen LogP contribution in [0.1, 0.15) is 5.82 Å². The standard InChI is InChI=1S/C6H10N4O4S/c1-4-8-3-5(7)10(4)15(12,13)9-6(11)14-2/h3H,7H2,1-2H3,(H,9,11). The first-order chi connectivity index (χ1) is 6.88. The molecular weight excluding hydrogens is 224 g/mol. The van der Waals surface area contributed by atoms with Crippen LogP contribution in [0.3, 0.4) is 0 Å². The van der Waals surface area contributed by atoms with E-state index in [1.165, 1.54) is 13.1 Å². The Balaban J connectivity index is 3.12. The van der Waals surface area contributed by atoms with Gasteiger partial charge in [-0.1, -0.05) is 0 Å². The summed E-state index contributed by atoms with van der Waals surface area (Å²) in [6, 6.07) is 0. The molecule has 0 aliphatic rings. The highest BCUT2D eigenvalue weighted by Gasteiger charge is 2.21. The normalized spacial score (nSPS) is 11.1. The van der Waals surface area contributed by atoms with Gasteiger partial charge < -0.3 is 10.5 Å². The van der Waals surface area contributed by atoms with E-state index in [4.69, 9.17) is 5.73 Å². The molecule has 1 aromatic rings. The Kier molecular flexibility index (Phi) is 2.84. The van der Waals surface area contributed by atoms with Crippen molar-refractivity contribution in [1.82, 2.24) is 13.7 Å². The molecule has 1 heterocycles. The van der Waals surface area contributed by atoms with Crippen LogP contribution in [0.2, 0.25) is 0 Å². The smallest absolute Gasteiger partial charge is 0.422 e. The third-order valence-corrected chi connectivity index (χ3v) is 2.93. The SMILES string of the molecule is COC(=O)NS(=O)(=O)n1c(N)cnc1C. The third kappa shape index (κ3) is 2.18. The van der Waals surface area contributed by atoms with Crippen LogP contribution in [0.4, 0.5) is 10.6 Å². The minimum absolute atomic E-state index is 0.0936. The van der Waals surface area contributed by atoms with Gasteiger partial charge in [0, 0.05) is 0 Å². The van der Waals surface area contributed by atoms with E-state index in [0.717, 1.165) is 7.11 Å². The third-order valence-electron chi connectivity index (χ3n) is 1.55. The lowest BCUT2D eigenvalue weighted by Gasteiger charge is -2.08. The lowest BCUT2D eigenvalue weighted by atomic mass is 10.7. The molecule has 0 saturated heterocycles. The predicted octanol–water partition coefficient (Wildman–Crippen LogP) is -0.777. The van der Waals surface area contributed by atoms with Gasteiger partial charge in [-0.25, -0.2) is 14.5 Å². The number of hydrogen-bond donors (Lipinski definition) is 2. The van der Waals surface area contributed by atoms with E-state index in [0.29, 0.717) is 3.97 Å². The fourth-order valence-corrected chi connectivity index (χ4v) is 2.06. The van der Waals surface area contributed by atoms with Crippen molar-refractivity contribution >= 4 is 22.1 Å². The van der Waals surface area contributed by atoms with Crippen molar-refractivity contribution in [2.45, 2.75) is 6.92 Å². The number of carbonyl (C=O) groups excluding carboxylic acids is 1. The van der Waals surface area contributed by atoms with Crippen LogP contribution in [-0.4, -0.2) is 30.6 Å². The maximum atomic E-state index is 11.5. The Morgan fingerprint density at radius 1 is 1.67 bits per heavy atom. The van der Waals surface area contributed by atoms with Crippen molar-refractivity contribution in [3.8, 4) is 0 Å². The zero-order valence-corrected chi connectivity index (χ0v) is 8.91. The molecule has 1 amide bonds. The Hall–Kier alpha value is -1.77. The summed E-state index contributed by atoms with van der Waals surface area (Å²) in [5.41, 5.74) is 5.37. The molecule has 0 fully saturated rings. The summed E-state index contributed by atoms with van der Waals surface area (Å²) in [5.74, 6) is 0.0489. The topological polar surface area (TPSA) is 116 Å². The van der Waals surface area contributed by atoms with Crippen LogP contribution < -0.4 is 10.5 Å². The molecule has 0 bridgehead atoms. The van der Waals surface area contributed by atoms with Gasteiger partial charge in [-0.3, -0.25) is 0 Å². The van der Waals surface area contributed by atoms with Crippen molar-refractivity contribution in [3.05, 3.63) is 12.0 Å². The number of ether oxygens (including phenoxy) is 1. The van der Waals surface area contributed by atoms with Crippen LogP contribution in [0.25, 0.3) is 0 Å². The van der Waals surface area contributed by atoms with Gasteiger partial charge in [-0.15, -0.1) is 0 Å². The van der Waals surface area contributed by atoms with Gasteiger partial charge in [0.05, 0.1) is 13.3 Å². The highest BCUT2D eigenvalue weighted by Crippen LogP contribution is 2.09. The first-order valence-corrected chi connectivity index (χ1v) is 5.23. The molecular formula is C6H10N4O4S. The van der Waals surface area contributed by atoms with E-state index in [2.05, 4.69) is 9.72 Å². The number of nitrogen functional groups attached to an aromatic ring is 1. The minimum Gasteiger partial charge on any atom is -0.452 e. The van der Waals surface area contributed by atoms with Crippen LogP contribution >= 0.6 is 0 Å². The number of carbonyl (C=O) groups is 1. The van der Waals surface area contributed by atoms with E-state index in [-0.39, 0.29) is 11.6 Å². The summed E-state index contributed by atoms with van der Waals surface area (Å²) in [7, 11) is -3.03. The number of amides is 1. The van der Waals surface area contributed by atoms with E-state index in [1.807, 2.05) is 0 Å². The second kappa shape index (κ2) is 3.77. The molecule has 0 aromatic carbocycles. The molecule has 3 N–H and O–H groups in total. The second-order valence-corrected chi connectivity index (χ2v) is 4.11. The maximum absolute atomic E-state index is 11.5. The van der Waals surface area contributed by atoms with Crippen molar-refractivity contribution in [1.29, 1.82) is 0 Å². The Morgan fingerprint density at radius 2 is 2.27 bits per heavy atom. The quantitative estimate of drug-likeness (QED) is 0.693. The second-order valence-electron chi connectivity index (χ2n) is 2.59. The summed E-state index contributed by atoms with van der Waals surface area (Å²) in [6.07, 6.45) is 0.0776. The number of imidazole rings is 1. The first-order valence-electron chi connectivity index (χ1n) is 3.79. The molecule has 0 spiro atoms. The highest BCUT2D eigenvalue weighted by atomic mass is 32.2. The maximum Gasteiger partial charge on any atom is 0.422 e. The highest BCUT2D eigenvalue weighted by molar-refractivity contribution is 7.88. The Morgan fingerprint density at radius 3 is 2.67 bits per heavy atom. The molecule has 0 atom stereocenters. The van der Waals surface area contributed by atoms with Crippen molar-refractivity contribution < 1.29 is 17.9 Å². The Labute approximate surface area is 86.2 Å². The number of nitrogens with one attached hydrogen (secondary N) is 1. The van der Waals surface area contributed by atoms with Crippen LogP contribution in [0.15, 0.2) is 6.20 Å². The van der Waals surface area contributed by atoms with Gasteiger partial charge in [0.1, 0.15) is 11.6 Å². The molecule has 0 aliphatic carbocycles. The van der Waals surface area contributed by atoms with Gasteiger partial charge in [-0.05, 0) is 6.92 Å². The van der Waals surface area contributed by atoms with Crippen LogP contribution in [0, 0.1) is 6.92 Å². The van der Waals surface area contributed by atoms with Gasteiger partial charge in [-0.2, -0.15) is 12.4 Å². The molecule has 15 heavy (non-hydrogen) atoms. The van der Waals surface area contributed by atoms with Gasteiger partial charge in [0.15, 0.2) is 0 Å². The predicted molar refractivity (Wildman–Crippen MR) is 51.2 cm³/mol. The average molecular weight is 234 g/mol. The number of rotatable bonds is 2. The molecule has 0 aliphatic heterocycles. The average Bonchev–Trinajstić information content (AvgIpc) is 2.45. The van der Waals surface area contributed by atoms with Gasteiger partial charge in [0.2, 0.25) is 0 Å². The van der Waals surface area contributed by atoms with Crippen LogP contribution in [0.5, 0.6) is 0 Å². The number of aromatic nitrogens is 2. The molecule has 0 radical (unpaired) electrons. The summed E-state index contributed by atoms with van der Waals surface area (Å²) < 4.78 is 29.6. The molecule has 0 saturated carbocycles. The van der Waals surface area contributed by atoms with Crippen molar-refractivity contribution in [3.63, 3.8) is 0 Å². The molecule has 84 valence electrons. The fourth-order valence-electron chi connectivity index (χ4n) is 0.957. The largest absolute Gasteiger partial charge is 0.452 e. The lowest BCUT2D eigenvalue weighted by Crippen LogP contribution is -2.36. The molecule has 0 unspecified atom stereocenters. The first kappa shape index (κ1) is 11.3. The summed E-state index contributed by atoms with van der Waals surface area (Å²) >= 11 is 0. The number of nitrogens with two attached hydrogens (primary N) is 1. The zero-order chi connectivity index (χ0) is 11.6. The van der Waals surface area contributed by atoms with Crippen LogP contribution in [-0.2, 0) is 14.9 Å².